The molecule has 1 aliphatic heterocycles. The van der Waals surface area contributed by atoms with Crippen LogP contribution in [0.25, 0.3) is 0 Å². The summed E-state index contributed by atoms with van der Waals surface area (Å²) in [6.07, 6.45) is 6.54. The van der Waals surface area contributed by atoms with Gasteiger partial charge in [-0.1, -0.05) is 0 Å². The third-order valence-corrected chi connectivity index (χ3v) is 4.20. The molecule has 0 radical (unpaired) electrons. The van der Waals surface area contributed by atoms with E-state index in [1.54, 1.807) is 4.90 Å². The van der Waals surface area contributed by atoms with E-state index in [4.69, 9.17) is 15.2 Å². The number of ether oxygens (including phenoxy) is 2. The van der Waals surface area contributed by atoms with Crippen molar-refractivity contribution >= 4 is 6.09 Å². The van der Waals surface area contributed by atoms with Gasteiger partial charge >= 0.3 is 6.09 Å². The van der Waals surface area contributed by atoms with Gasteiger partial charge in [0.05, 0.1) is 12.2 Å². The molecular formula is C16H30N2O3. The first-order chi connectivity index (χ1) is 9.83. The number of rotatable bonds is 2. The number of hydrogen-bond donors (Lipinski definition) is 1. The minimum absolute atomic E-state index is 0.204. The Bertz CT molecular complexity index is 338. The van der Waals surface area contributed by atoms with Gasteiger partial charge in [-0.2, -0.15) is 0 Å². The second kappa shape index (κ2) is 6.97. The summed E-state index contributed by atoms with van der Waals surface area (Å²) in [6.45, 7) is 7.15. The number of likely N-dealkylation sites (tertiary alicyclic amines) is 1. The first-order valence-corrected chi connectivity index (χ1v) is 8.22. The predicted molar refractivity (Wildman–Crippen MR) is 82.1 cm³/mol. The van der Waals surface area contributed by atoms with E-state index in [0.29, 0.717) is 12.1 Å². The van der Waals surface area contributed by atoms with Crippen molar-refractivity contribution in [3.8, 4) is 0 Å². The maximum absolute atomic E-state index is 12.0. The Morgan fingerprint density at radius 3 is 2.05 bits per heavy atom. The van der Waals surface area contributed by atoms with Crippen molar-refractivity contribution in [3.63, 3.8) is 0 Å². The summed E-state index contributed by atoms with van der Waals surface area (Å²) in [5, 5.41) is 0. The zero-order valence-electron chi connectivity index (χ0n) is 13.6. The second-order valence-electron chi connectivity index (χ2n) is 7.34. The van der Waals surface area contributed by atoms with Crippen molar-refractivity contribution in [2.24, 2.45) is 5.73 Å². The average molecular weight is 298 g/mol. The molecule has 0 aromatic rings. The zero-order chi connectivity index (χ0) is 15.5. The van der Waals surface area contributed by atoms with Crippen LogP contribution >= 0.6 is 0 Å². The van der Waals surface area contributed by atoms with Gasteiger partial charge in [0.2, 0.25) is 0 Å². The van der Waals surface area contributed by atoms with E-state index in [1.165, 1.54) is 0 Å². The fourth-order valence-electron chi connectivity index (χ4n) is 3.00. The van der Waals surface area contributed by atoms with Gasteiger partial charge in [-0.25, -0.2) is 4.79 Å². The molecular weight excluding hydrogens is 268 g/mol. The molecule has 1 amide bonds. The Balaban J connectivity index is 1.69. The highest BCUT2D eigenvalue weighted by molar-refractivity contribution is 5.68. The number of nitrogens with zero attached hydrogens (tertiary/aromatic N) is 1. The highest BCUT2D eigenvalue weighted by Crippen LogP contribution is 2.25. The molecule has 1 heterocycles. The molecule has 1 aliphatic carbocycles. The van der Waals surface area contributed by atoms with Crippen LogP contribution in [0.3, 0.4) is 0 Å². The first-order valence-electron chi connectivity index (χ1n) is 8.22. The average Bonchev–Trinajstić information content (AvgIpc) is 2.40. The van der Waals surface area contributed by atoms with Crippen molar-refractivity contribution in [2.45, 2.75) is 83.1 Å². The van der Waals surface area contributed by atoms with Crippen molar-refractivity contribution in [1.29, 1.82) is 0 Å². The molecule has 5 heteroatoms. The van der Waals surface area contributed by atoms with E-state index >= 15 is 0 Å². The fraction of sp³-hybridized carbons (Fsp3) is 0.938. The smallest absolute Gasteiger partial charge is 0.410 e. The Hall–Kier alpha value is -0.810. The zero-order valence-corrected chi connectivity index (χ0v) is 13.6. The molecule has 5 nitrogen and oxygen atoms in total. The van der Waals surface area contributed by atoms with Gasteiger partial charge in [0, 0.05) is 19.1 Å². The van der Waals surface area contributed by atoms with Crippen molar-refractivity contribution in [2.75, 3.05) is 13.1 Å². The van der Waals surface area contributed by atoms with Crippen LogP contribution in [-0.2, 0) is 9.47 Å². The van der Waals surface area contributed by atoms with Gasteiger partial charge in [0.25, 0.3) is 0 Å². The largest absolute Gasteiger partial charge is 0.444 e. The summed E-state index contributed by atoms with van der Waals surface area (Å²) in [5.74, 6) is 0. The molecule has 2 N–H and O–H groups in total. The van der Waals surface area contributed by atoms with Crippen LogP contribution in [0.4, 0.5) is 4.79 Å². The Morgan fingerprint density at radius 2 is 1.52 bits per heavy atom. The Labute approximate surface area is 128 Å². The number of carbonyl (C=O) groups excluding carboxylic acids is 1. The maximum Gasteiger partial charge on any atom is 0.410 e. The van der Waals surface area contributed by atoms with Crippen molar-refractivity contribution < 1.29 is 14.3 Å². The van der Waals surface area contributed by atoms with Gasteiger partial charge in [-0.3, -0.25) is 0 Å². The number of piperidine rings is 1. The number of hydrogen-bond acceptors (Lipinski definition) is 4. The Kier molecular flexibility index (Phi) is 5.49. The van der Waals surface area contributed by atoms with Gasteiger partial charge in [0.1, 0.15) is 5.60 Å². The molecule has 21 heavy (non-hydrogen) atoms. The van der Waals surface area contributed by atoms with Crippen LogP contribution in [0.2, 0.25) is 0 Å². The van der Waals surface area contributed by atoms with E-state index in [1.807, 2.05) is 20.8 Å². The van der Waals surface area contributed by atoms with E-state index in [9.17, 15) is 4.79 Å². The second-order valence-corrected chi connectivity index (χ2v) is 7.34. The van der Waals surface area contributed by atoms with E-state index in [2.05, 4.69) is 0 Å². The molecule has 122 valence electrons. The van der Waals surface area contributed by atoms with Gasteiger partial charge < -0.3 is 20.1 Å². The van der Waals surface area contributed by atoms with Crippen LogP contribution < -0.4 is 5.73 Å². The van der Waals surface area contributed by atoms with E-state index in [-0.39, 0.29) is 12.2 Å². The molecule has 0 bridgehead atoms. The lowest BCUT2D eigenvalue weighted by Gasteiger charge is -2.36. The Morgan fingerprint density at radius 1 is 1.00 bits per heavy atom. The molecule has 2 fully saturated rings. The van der Waals surface area contributed by atoms with Crippen LogP contribution in [0.5, 0.6) is 0 Å². The number of amides is 1. The summed E-state index contributed by atoms with van der Waals surface area (Å²) < 4.78 is 11.6. The first kappa shape index (κ1) is 16.6. The predicted octanol–water partition coefficient (Wildman–Crippen LogP) is 2.67. The van der Waals surface area contributed by atoms with Gasteiger partial charge in [0.15, 0.2) is 0 Å². The summed E-state index contributed by atoms with van der Waals surface area (Å²) >= 11 is 0. The summed E-state index contributed by atoms with van der Waals surface area (Å²) in [4.78, 5) is 13.8. The molecule has 1 saturated heterocycles. The molecule has 1 saturated carbocycles. The molecule has 0 aromatic heterocycles. The minimum Gasteiger partial charge on any atom is -0.444 e. The highest BCUT2D eigenvalue weighted by atomic mass is 16.6. The maximum atomic E-state index is 12.0. The lowest BCUT2D eigenvalue weighted by atomic mass is 9.93. The summed E-state index contributed by atoms with van der Waals surface area (Å²) in [6, 6.07) is 0.360. The molecule has 0 unspecified atom stereocenters. The minimum atomic E-state index is -0.425. The highest BCUT2D eigenvalue weighted by Gasteiger charge is 2.29. The normalized spacial score (nSPS) is 28.5. The molecule has 2 rings (SSSR count). The topological polar surface area (TPSA) is 64.8 Å². The molecule has 0 atom stereocenters. The molecule has 2 aliphatic rings. The van der Waals surface area contributed by atoms with Gasteiger partial charge in [-0.05, 0) is 59.3 Å². The standard InChI is InChI=1S/C16H30N2O3/c1-16(2,3)21-15(19)18-10-8-14(9-11-18)20-13-6-4-12(17)5-7-13/h12-14H,4-11,17H2,1-3H3. The third kappa shape index (κ3) is 5.47. The van der Waals surface area contributed by atoms with E-state index in [0.717, 1.165) is 51.6 Å². The number of nitrogens with two attached hydrogens (primary N) is 1. The van der Waals surface area contributed by atoms with Crippen LogP contribution in [0.15, 0.2) is 0 Å². The lowest BCUT2D eigenvalue weighted by Crippen LogP contribution is -2.44. The molecule has 0 aromatic carbocycles. The summed E-state index contributed by atoms with van der Waals surface area (Å²) in [7, 11) is 0. The molecule has 0 spiro atoms. The number of carbonyl (C=O) groups is 1. The van der Waals surface area contributed by atoms with Crippen molar-refractivity contribution in [1.82, 2.24) is 4.90 Å². The lowest BCUT2D eigenvalue weighted by molar-refractivity contribution is -0.0593. The van der Waals surface area contributed by atoms with Crippen LogP contribution in [0, 0.1) is 0 Å². The van der Waals surface area contributed by atoms with Crippen LogP contribution in [-0.4, -0.2) is 47.9 Å². The van der Waals surface area contributed by atoms with Crippen molar-refractivity contribution in [3.05, 3.63) is 0 Å². The van der Waals surface area contributed by atoms with Crippen LogP contribution in [0.1, 0.15) is 59.3 Å². The fourth-order valence-corrected chi connectivity index (χ4v) is 3.00. The monoisotopic (exact) mass is 298 g/mol. The summed E-state index contributed by atoms with van der Waals surface area (Å²) in [5.41, 5.74) is 5.49. The van der Waals surface area contributed by atoms with E-state index < -0.39 is 5.60 Å². The quantitative estimate of drug-likeness (QED) is 0.851. The SMILES string of the molecule is CC(C)(C)OC(=O)N1CCC(OC2CCC(N)CC2)CC1. The third-order valence-electron chi connectivity index (χ3n) is 4.20. The van der Waals surface area contributed by atoms with Gasteiger partial charge in [-0.15, -0.1) is 0 Å².